The molecule has 1 amide bonds. The number of aromatic nitrogens is 1. The van der Waals surface area contributed by atoms with Crippen LogP contribution < -0.4 is 26.4 Å². The maximum atomic E-state index is 13.7. The number of nitroso groups, excluding NO2 is 2. The molecule has 0 radical (unpaired) electrons. The molecule has 1 fully saturated rings. The van der Waals surface area contributed by atoms with Crippen LogP contribution in [-0.2, 0) is 4.79 Å². The van der Waals surface area contributed by atoms with Gasteiger partial charge in [-0.2, -0.15) is 0 Å². The summed E-state index contributed by atoms with van der Waals surface area (Å²) in [5.41, 5.74) is 6.13. The Morgan fingerprint density at radius 3 is 2.79 bits per heavy atom. The number of rotatable bonds is 14. The number of anilines is 1. The van der Waals surface area contributed by atoms with Crippen molar-refractivity contribution < 1.29 is 13.9 Å². The smallest absolute Gasteiger partial charge is 0.234 e. The van der Waals surface area contributed by atoms with Crippen molar-refractivity contribution in [2.45, 2.75) is 63.9 Å². The van der Waals surface area contributed by atoms with Crippen molar-refractivity contribution in [3.05, 3.63) is 28.3 Å². The quantitative estimate of drug-likeness (QED) is 0.288. The van der Waals surface area contributed by atoms with Gasteiger partial charge >= 0.3 is 0 Å². The maximum Gasteiger partial charge on any atom is 0.234 e. The molecular weight excluding hydrogens is 447 g/mol. The molecule has 0 saturated carbocycles. The number of alkyl halides is 1. The van der Waals surface area contributed by atoms with Crippen molar-refractivity contribution in [3.63, 3.8) is 0 Å². The van der Waals surface area contributed by atoms with Gasteiger partial charge in [0.15, 0.2) is 6.17 Å². The Hall–Kier alpha value is -2.61. The summed E-state index contributed by atoms with van der Waals surface area (Å²) in [6.07, 6.45) is 0.627. The fourth-order valence-corrected chi connectivity index (χ4v) is 3.84. The minimum absolute atomic E-state index is 0.0296. The summed E-state index contributed by atoms with van der Waals surface area (Å²) in [4.78, 5) is 41.2. The summed E-state index contributed by atoms with van der Waals surface area (Å²) in [5.74, 6) is -1.33. The van der Waals surface area contributed by atoms with Crippen LogP contribution in [0.3, 0.4) is 0 Å². The van der Waals surface area contributed by atoms with E-state index in [0.717, 1.165) is 6.42 Å². The van der Waals surface area contributed by atoms with Crippen molar-refractivity contribution in [1.82, 2.24) is 20.5 Å². The highest BCUT2D eigenvalue weighted by molar-refractivity contribution is 5.94. The van der Waals surface area contributed by atoms with E-state index in [4.69, 9.17) is 10.5 Å². The number of hydrogen-bond acceptors (Lipinski definition) is 11. The highest BCUT2D eigenvalue weighted by atomic mass is 19.1. The predicted molar refractivity (Wildman–Crippen MR) is 127 cm³/mol. The number of pyridine rings is 1. The van der Waals surface area contributed by atoms with Crippen LogP contribution in [0.15, 0.2) is 28.8 Å². The van der Waals surface area contributed by atoms with Gasteiger partial charge in [-0.3, -0.25) is 25.3 Å². The standard InChI is InChI=1S/C21H35FN8O4/c1-4-7-25-17(28-32)9-14(5-2)34-16-6-8-24-11-15(16)27-21(31)18(19(23)29-33)20-26-10-13(22)12-30(20)3/h6,8,11,13-14,17-20,25-26H,4-5,7,9-10,12,23H2,1-3H3,(H,27,31)/t13?,14-,17?,18?,19?,20?/m1/s1. The molecule has 1 saturated heterocycles. The van der Waals surface area contributed by atoms with E-state index in [1.54, 1.807) is 18.0 Å². The molecule has 1 aliphatic heterocycles. The van der Waals surface area contributed by atoms with E-state index in [1.165, 1.54) is 12.4 Å². The largest absolute Gasteiger partial charge is 0.488 e. The molecular formula is C21H35FN8O4. The fraction of sp³-hybridized carbons (Fsp3) is 0.714. The molecule has 5 N–H and O–H groups in total. The van der Waals surface area contributed by atoms with E-state index in [9.17, 15) is 19.0 Å². The van der Waals surface area contributed by atoms with Gasteiger partial charge in [-0.1, -0.05) is 24.2 Å². The molecule has 2 rings (SSSR count). The van der Waals surface area contributed by atoms with Gasteiger partial charge in [-0.25, -0.2) is 4.39 Å². The first kappa shape index (κ1) is 27.6. The molecule has 6 atom stereocenters. The Labute approximate surface area is 198 Å². The monoisotopic (exact) mass is 482 g/mol. The van der Waals surface area contributed by atoms with Crippen molar-refractivity contribution in [2.24, 2.45) is 22.0 Å². The Morgan fingerprint density at radius 2 is 2.18 bits per heavy atom. The lowest BCUT2D eigenvalue weighted by Crippen LogP contribution is -2.62. The first-order chi connectivity index (χ1) is 16.3. The Morgan fingerprint density at radius 1 is 1.41 bits per heavy atom. The van der Waals surface area contributed by atoms with Crippen molar-refractivity contribution >= 4 is 11.6 Å². The first-order valence-electron chi connectivity index (χ1n) is 11.5. The molecule has 0 bridgehead atoms. The van der Waals surface area contributed by atoms with Crippen molar-refractivity contribution in [3.8, 4) is 5.75 Å². The normalized spacial score (nSPS) is 22.3. The number of nitrogens with one attached hydrogen (secondary N) is 3. The summed E-state index contributed by atoms with van der Waals surface area (Å²) in [5, 5.41) is 14.7. The molecule has 0 aliphatic carbocycles. The van der Waals surface area contributed by atoms with Crippen LogP contribution in [0.4, 0.5) is 10.1 Å². The van der Waals surface area contributed by atoms with Gasteiger partial charge in [-0.05, 0) is 26.4 Å². The van der Waals surface area contributed by atoms with E-state index in [2.05, 4.69) is 31.3 Å². The fourth-order valence-electron chi connectivity index (χ4n) is 3.84. The summed E-state index contributed by atoms with van der Waals surface area (Å²) in [6.45, 7) is 4.68. The molecule has 1 aromatic rings. The Bertz CT molecular complexity index is 804. The summed E-state index contributed by atoms with van der Waals surface area (Å²) >= 11 is 0. The SMILES string of the molecule is CCCNC(C[C@@H](CC)Oc1ccncc1NC(=O)C(C(N)N=O)C1NCC(F)CN1C)N=O. The van der Waals surface area contributed by atoms with Crippen molar-refractivity contribution in [2.75, 3.05) is 32.0 Å². The molecule has 5 unspecified atom stereocenters. The average molecular weight is 483 g/mol. The molecule has 0 spiro atoms. The summed E-state index contributed by atoms with van der Waals surface area (Å²) < 4.78 is 19.8. The third-order valence-electron chi connectivity index (χ3n) is 5.67. The topological polar surface area (TPSA) is 163 Å². The average Bonchev–Trinajstić information content (AvgIpc) is 2.83. The lowest BCUT2D eigenvalue weighted by atomic mass is 9.98. The van der Waals surface area contributed by atoms with Gasteiger partial charge in [0, 0.05) is 31.8 Å². The molecule has 12 nitrogen and oxygen atoms in total. The first-order valence-corrected chi connectivity index (χ1v) is 11.5. The van der Waals surface area contributed by atoms with Crippen molar-refractivity contribution in [1.29, 1.82) is 0 Å². The van der Waals surface area contributed by atoms with E-state index < -0.39 is 36.5 Å². The second-order valence-corrected chi connectivity index (χ2v) is 8.33. The van der Waals surface area contributed by atoms with Crippen LogP contribution in [-0.4, -0.2) is 73.2 Å². The number of ether oxygens (including phenoxy) is 1. The number of nitrogens with two attached hydrogens (primary N) is 1. The lowest BCUT2D eigenvalue weighted by Gasteiger charge is -2.39. The number of nitrogens with zero attached hydrogens (tertiary/aromatic N) is 4. The highest BCUT2D eigenvalue weighted by Gasteiger charge is 2.40. The number of halogens is 1. The highest BCUT2D eigenvalue weighted by Crippen LogP contribution is 2.27. The Balaban J connectivity index is 2.17. The zero-order valence-electron chi connectivity index (χ0n) is 19.8. The second-order valence-electron chi connectivity index (χ2n) is 8.33. The van der Waals surface area contributed by atoms with Crippen LogP contribution in [0.1, 0.15) is 33.1 Å². The van der Waals surface area contributed by atoms with Crippen LogP contribution in [0, 0.1) is 15.7 Å². The molecule has 13 heteroatoms. The zero-order chi connectivity index (χ0) is 25.1. The molecule has 1 aliphatic rings. The molecule has 1 aromatic heterocycles. The number of hydrogen-bond donors (Lipinski definition) is 4. The van der Waals surface area contributed by atoms with Gasteiger partial charge in [0.2, 0.25) is 5.91 Å². The van der Waals surface area contributed by atoms with Crippen LogP contribution in [0.25, 0.3) is 0 Å². The van der Waals surface area contributed by atoms with E-state index in [-0.39, 0.29) is 24.9 Å². The second kappa shape index (κ2) is 13.9. The minimum Gasteiger partial charge on any atom is -0.488 e. The van der Waals surface area contributed by atoms with Gasteiger partial charge < -0.3 is 15.8 Å². The van der Waals surface area contributed by atoms with E-state index >= 15 is 0 Å². The predicted octanol–water partition coefficient (Wildman–Crippen LogP) is 1.53. The van der Waals surface area contributed by atoms with E-state index in [1.807, 2.05) is 13.8 Å². The summed E-state index contributed by atoms with van der Waals surface area (Å²) in [6, 6.07) is 1.59. The molecule has 34 heavy (non-hydrogen) atoms. The maximum absolute atomic E-state index is 13.7. The van der Waals surface area contributed by atoms with Crippen LogP contribution >= 0.6 is 0 Å². The third kappa shape index (κ3) is 7.72. The number of carbonyl (C=O) groups excluding carboxylic acids is 1. The molecule has 190 valence electrons. The van der Waals surface area contributed by atoms with E-state index in [0.29, 0.717) is 25.1 Å². The minimum atomic E-state index is -1.36. The molecule has 0 aromatic carbocycles. The van der Waals surface area contributed by atoms with Crippen LogP contribution in [0.2, 0.25) is 0 Å². The van der Waals surface area contributed by atoms with Gasteiger partial charge in [0.05, 0.1) is 12.4 Å². The Kier molecular flexibility index (Phi) is 11.3. The van der Waals surface area contributed by atoms with Gasteiger partial charge in [-0.15, -0.1) is 9.81 Å². The third-order valence-corrected chi connectivity index (χ3v) is 5.67. The number of amides is 1. The van der Waals surface area contributed by atoms with Gasteiger partial charge in [0.25, 0.3) is 0 Å². The van der Waals surface area contributed by atoms with Crippen LogP contribution in [0.5, 0.6) is 5.75 Å². The lowest BCUT2D eigenvalue weighted by molar-refractivity contribution is -0.124. The number of carbonyl (C=O) groups is 1. The zero-order valence-corrected chi connectivity index (χ0v) is 19.8. The van der Waals surface area contributed by atoms with Gasteiger partial charge in [0.1, 0.15) is 35.8 Å². The molecule has 2 heterocycles. The summed E-state index contributed by atoms with van der Waals surface area (Å²) in [7, 11) is 1.63.